The van der Waals surface area contributed by atoms with Crippen LogP contribution in [-0.2, 0) is 10.0 Å². The fraction of sp³-hybridized carbons (Fsp3) is 0.417. The maximum Gasteiger partial charge on any atom is 0.263 e. The van der Waals surface area contributed by atoms with Crippen molar-refractivity contribution in [3.63, 3.8) is 0 Å². The standard InChI is InChI=1S/C12H18N2O2S/c1-3-5-7-11(4-2)14-17(15,16)12-8-6-9-13-10-12/h4,6,8-10,14H,3,5,7H2,1-2H3. The third kappa shape index (κ3) is 4.19. The molecule has 0 amide bonds. The molecule has 1 rings (SSSR count). The Labute approximate surface area is 103 Å². The predicted molar refractivity (Wildman–Crippen MR) is 67.8 cm³/mol. The quantitative estimate of drug-likeness (QED) is 0.848. The Balaban J connectivity index is 2.80. The lowest BCUT2D eigenvalue weighted by molar-refractivity contribution is 0.585. The summed E-state index contributed by atoms with van der Waals surface area (Å²) in [4.78, 5) is 4.00. The molecule has 0 atom stereocenters. The first-order valence-corrected chi connectivity index (χ1v) is 7.16. The van der Waals surface area contributed by atoms with Crippen LogP contribution in [0.3, 0.4) is 0 Å². The summed E-state index contributed by atoms with van der Waals surface area (Å²) < 4.78 is 26.5. The van der Waals surface area contributed by atoms with Crippen molar-refractivity contribution in [1.82, 2.24) is 9.71 Å². The van der Waals surface area contributed by atoms with Gasteiger partial charge in [0.15, 0.2) is 0 Å². The third-order valence-corrected chi connectivity index (χ3v) is 3.75. The van der Waals surface area contributed by atoms with Crippen molar-refractivity contribution < 1.29 is 8.42 Å². The minimum absolute atomic E-state index is 0.191. The number of hydrogen-bond donors (Lipinski definition) is 1. The molecule has 0 bridgehead atoms. The first kappa shape index (κ1) is 13.7. The average molecular weight is 254 g/mol. The molecule has 0 aliphatic carbocycles. The second kappa shape index (κ2) is 6.39. The summed E-state index contributed by atoms with van der Waals surface area (Å²) in [6, 6.07) is 3.14. The van der Waals surface area contributed by atoms with E-state index < -0.39 is 10.0 Å². The number of nitrogens with one attached hydrogen (secondary N) is 1. The summed E-state index contributed by atoms with van der Waals surface area (Å²) in [6.45, 7) is 3.90. The summed E-state index contributed by atoms with van der Waals surface area (Å²) in [5.74, 6) is 0. The van der Waals surface area contributed by atoms with Gasteiger partial charge in [-0.05, 0) is 31.9 Å². The molecule has 17 heavy (non-hydrogen) atoms. The molecule has 5 heteroatoms. The van der Waals surface area contributed by atoms with Crippen LogP contribution < -0.4 is 4.72 Å². The van der Waals surface area contributed by atoms with Gasteiger partial charge in [-0.3, -0.25) is 9.71 Å². The predicted octanol–water partition coefficient (Wildman–Crippen LogP) is 2.45. The zero-order valence-corrected chi connectivity index (χ0v) is 11.0. The van der Waals surface area contributed by atoms with Gasteiger partial charge in [0.25, 0.3) is 10.0 Å². The molecule has 0 saturated heterocycles. The van der Waals surface area contributed by atoms with Gasteiger partial charge in [-0.1, -0.05) is 19.4 Å². The van der Waals surface area contributed by atoms with Crippen molar-refractivity contribution in [2.75, 3.05) is 0 Å². The lowest BCUT2D eigenvalue weighted by atomic mass is 10.2. The highest BCUT2D eigenvalue weighted by molar-refractivity contribution is 7.89. The van der Waals surface area contributed by atoms with Crippen molar-refractivity contribution in [3.8, 4) is 0 Å². The topological polar surface area (TPSA) is 59.1 Å². The van der Waals surface area contributed by atoms with Gasteiger partial charge in [-0.25, -0.2) is 8.42 Å². The zero-order valence-electron chi connectivity index (χ0n) is 10.2. The normalized spacial score (nSPS) is 12.5. The molecule has 0 saturated carbocycles. The van der Waals surface area contributed by atoms with E-state index in [4.69, 9.17) is 0 Å². The number of allylic oxidation sites excluding steroid dienone is 2. The molecule has 0 aromatic carbocycles. The smallest absolute Gasteiger partial charge is 0.263 e. The molecule has 0 fully saturated rings. The van der Waals surface area contributed by atoms with Crippen molar-refractivity contribution in [2.24, 2.45) is 0 Å². The fourth-order valence-corrected chi connectivity index (χ4v) is 2.50. The van der Waals surface area contributed by atoms with Crippen molar-refractivity contribution >= 4 is 10.0 Å². The van der Waals surface area contributed by atoms with Gasteiger partial charge in [0.05, 0.1) is 0 Å². The molecular formula is C12H18N2O2S. The highest BCUT2D eigenvalue weighted by Gasteiger charge is 2.14. The second-order valence-electron chi connectivity index (χ2n) is 3.71. The van der Waals surface area contributed by atoms with Crippen LogP contribution in [0.5, 0.6) is 0 Å². The SMILES string of the molecule is CC=C(CCCC)NS(=O)(=O)c1cccnc1. The number of aromatic nitrogens is 1. The number of hydrogen-bond acceptors (Lipinski definition) is 3. The van der Waals surface area contributed by atoms with Gasteiger partial charge >= 0.3 is 0 Å². The van der Waals surface area contributed by atoms with E-state index in [1.807, 2.05) is 6.92 Å². The summed E-state index contributed by atoms with van der Waals surface area (Å²) >= 11 is 0. The van der Waals surface area contributed by atoms with Crippen molar-refractivity contribution in [1.29, 1.82) is 0 Å². The molecule has 0 spiro atoms. The van der Waals surface area contributed by atoms with E-state index >= 15 is 0 Å². The van der Waals surface area contributed by atoms with Gasteiger partial charge in [0, 0.05) is 18.1 Å². The number of unbranched alkanes of at least 4 members (excludes halogenated alkanes) is 1. The fourth-order valence-electron chi connectivity index (χ4n) is 1.36. The van der Waals surface area contributed by atoms with E-state index in [2.05, 4.69) is 16.6 Å². The average Bonchev–Trinajstić information content (AvgIpc) is 2.35. The number of rotatable bonds is 6. The molecule has 4 nitrogen and oxygen atoms in total. The van der Waals surface area contributed by atoms with Crippen LogP contribution in [0.4, 0.5) is 0 Å². The van der Waals surface area contributed by atoms with Crippen molar-refractivity contribution in [2.45, 2.75) is 38.0 Å². The molecule has 0 aliphatic rings. The molecule has 1 heterocycles. The Bertz CT molecular complexity index is 467. The summed E-state index contributed by atoms with van der Waals surface area (Å²) in [7, 11) is -3.48. The van der Waals surface area contributed by atoms with Gasteiger partial charge in [-0.2, -0.15) is 0 Å². The minimum atomic E-state index is -3.48. The lowest BCUT2D eigenvalue weighted by Crippen LogP contribution is -2.23. The van der Waals surface area contributed by atoms with E-state index in [-0.39, 0.29) is 4.90 Å². The third-order valence-electron chi connectivity index (χ3n) is 2.36. The number of sulfonamides is 1. The van der Waals surface area contributed by atoms with Crippen molar-refractivity contribution in [3.05, 3.63) is 36.3 Å². The van der Waals surface area contributed by atoms with E-state index in [1.165, 1.54) is 12.3 Å². The Hall–Kier alpha value is -1.36. The van der Waals surface area contributed by atoms with Gasteiger partial charge in [0.2, 0.25) is 0 Å². The monoisotopic (exact) mass is 254 g/mol. The highest BCUT2D eigenvalue weighted by Crippen LogP contribution is 2.11. The Morgan fingerprint density at radius 1 is 1.53 bits per heavy atom. The van der Waals surface area contributed by atoms with Crippen LogP contribution in [0.1, 0.15) is 33.1 Å². The van der Waals surface area contributed by atoms with Gasteiger partial charge in [0.1, 0.15) is 4.90 Å². The molecule has 1 aromatic heterocycles. The lowest BCUT2D eigenvalue weighted by Gasteiger charge is -2.10. The van der Waals surface area contributed by atoms with E-state index in [0.717, 1.165) is 25.0 Å². The van der Waals surface area contributed by atoms with Gasteiger partial charge < -0.3 is 0 Å². The van der Waals surface area contributed by atoms with E-state index in [0.29, 0.717) is 0 Å². The highest BCUT2D eigenvalue weighted by atomic mass is 32.2. The zero-order chi connectivity index (χ0) is 12.7. The summed E-state index contributed by atoms with van der Waals surface area (Å²) in [6.07, 6.45) is 7.43. The Morgan fingerprint density at radius 3 is 2.82 bits per heavy atom. The van der Waals surface area contributed by atoms with Crippen LogP contribution >= 0.6 is 0 Å². The Morgan fingerprint density at radius 2 is 2.29 bits per heavy atom. The molecule has 1 aromatic rings. The maximum absolute atomic E-state index is 12.0. The molecular weight excluding hydrogens is 236 g/mol. The molecule has 94 valence electrons. The van der Waals surface area contributed by atoms with Gasteiger partial charge in [-0.15, -0.1) is 0 Å². The van der Waals surface area contributed by atoms with Crippen LogP contribution in [0.15, 0.2) is 41.2 Å². The summed E-state index contributed by atoms with van der Waals surface area (Å²) in [5.41, 5.74) is 0.732. The largest absolute Gasteiger partial charge is 0.284 e. The van der Waals surface area contributed by atoms with E-state index in [1.54, 1.807) is 18.3 Å². The number of nitrogens with zero attached hydrogens (tertiary/aromatic N) is 1. The molecule has 0 unspecified atom stereocenters. The Kier molecular flexibility index (Phi) is 5.15. The maximum atomic E-state index is 12.0. The first-order valence-electron chi connectivity index (χ1n) is 5.68. The van der Waals surface area contributed by atoms with Crippen LogP contribution in [0.25, 0.3) is 0 Å². The summed E-state index contributed by atoms with van der Waals surface area (Å²) in [5, 5.41) is 0. The van der Waals surface area contributed by atoms with Crippen LogP contribution in [-0.4, -0.2) is 13.4 Å². The minimum Gasteiger partial charge on any atom is -0.284 e. The van der Waals surface area contributed by atoms with Crippen LogP contribution in [0.2, 0.25) is 0 Å². The molecule has 1 N–H and O–H groups in total. The molecule has 0 radical (unpaired) electrons. The van der Waals surface area contributed by atoms with Crippen LogP contribution in [0, 0.1) is 0 Å². The second-order valence-corrected chi connectivity index (χ2v) is 5.39. The first-order chi connectivity index (χ1) is 8.10. The molecule has 0 aliphatic heterocycles. The number of pyridine rings is 1. The van der Waals surface area contributed by atoms with E-state index in [9.17, 15) is 8.42 Å².